The maximum absolute atomic E-state index is 11.0. The fourth-order valence-electron chi connectivity index (χ4n) is 1.44. The van der Waals surface area contributed by atoms with Crippen LogP contribution in [0.5, 0.6) is 0 Å². The number of esters is 1. The topological polar surface area (TPSA) is 69.4 Å². The average molecular weight is 237 g/mol. The van der Waals surface area contributed by atoms with Crippen LogP contribution in [0.4, 0.5) is 5.69 Å². The fourth-order valence-corrected chi connectivity index (χ4v) is 1.44. The van der Waals surface area contributed by atoms with Crippen LogP contribution in [-0.2, 0) is 16.0 Å². The third-order valence-corrected chi connectivity index (χ3v) is 2.29. The van der Waals surface area contributed by atoms with Gasteiger partial charge in [0.05, 0.1) is 4.92 Å². The van der Waals surface area contributed by atoms with E-state index in [4.69, 9.17) is 4.74 Å². The lowest BCUT2D eigenvalue weighted by Gasteiger charge is -2.12. The Hall–Kier alpha value is -1.91. The van der Waals surface area contributed by atoms with Crippen LogP contribution in [-0.4, -0.2) is 17.0 Å². The molecule has 17 heavy (non-hydrogen) atoms. The molecule has 5 heteroatoms. The Morgan fingerprint density at radius 1 is 1.41 bits per heavy atom. The van der Waals surface area contributed by atoms with Gasteiger partial charge in [0.1, 0.15) is 6.10 Å². The van der Waals surface area contributed by atoms with Crippen molar-refractivity contribution in [3.63, 3.8) is 0 Å². The zero-order valence-electron chi connectivity index (χ0n) is 9.88. The van der Waals surface area contributed by atoms with Crippen LogP contribution in [0, 0.1) is 10.1 Å². The van der Waals surface area contributed by atoms with Crippen molar-refractivity contribution in [3.05, 3.63) is 39.9 Å². The molecule has 0 aromatic heterocycles. The molecule has 0 aliphatic carbocycles. The van der Waals surface area contributed by atoms with Gasteiger partial charge in [-0.25, -0.2) is 0 Å². The van der Waals surface area contributed by atoms with Crippen LogP contribution in [0.1, 0.15) is 25.8 Å². The van der Waals surface area contributed by atoms with E-state index in [1.807, 2.05) is 0 Å². The second-order valence-corrected chi connectivity index (χ2v) is 3.78. The minimum absolute atomic E-state index is 0.0620. The summed E-state index contributed by atoms with van der Waals surface area (Å²) in [6.45, 7) is 3.54. The first-order valence-electron chi connectivity index (χ1n) is 5.45. The highest BCUT2D eigenvalue weighted by Crippen LogP contribution is 2.14. The highest BCUT2D eigenvalue weighted by molar-refractivity contribution is 5.69. The van der Waals surface area contributed by atoms with Crippen LogP contribution in [0.3, 0.4) is 0 Å². The normalized spacial score (nSPS) is 11.9. The quantitative estimate of drug-likeness (QED) is 0.448. The molecule has 0 fully saturated rings. The van der Waals surface area contributed by atoms with Gasteiger partial charge < -0.3 is 4.74 Å². The Morgan fingerprint density at radius 3 is 2.47 bits per heavy atom. The van der Waals surface area contributed by atoms with E-state index in [2.05, 4.69) is 0 Å². The second-order valence-electron chi connectivity index (χ2n) is 3.78. The zero-order chi connectivity index (χ0) is 12.8. The summed E-state index contributed by atoms with van der Waals surface area (Å²) < 4.78 is 5.11. The molecule has 0 aliphatic heterocycles. The third-order valence-electron chi connectivity index (χ3n) is 2.29. The van der Waals surface area contributed by atoms with Gasteiger partial charge >= 0.3 is 5.97 Å². The molecule has 1 rings (SSSR count). The lowest BCUT2D eigenvalue weighted by molar-refractivity contribution is -0.384. The molecule has 0 aliphatic rings. The van der Waals surface area contributed by atoms with E-state index in [0.29, 0.717) is 12.8 Å². The summed E-state index contributed by atoms with van der Waals surface area (Å²) in [7, 11) is 0. The van der Waals surface area contributed by atoms with Gasteiger partial charge in [0.15, 0.2) is 0 Å². The minimum Gasteiger partial charge on any atom is -0.462 e. The molecule has 1 unspecified atom stereocenters. The summed E-state index contributed by atoms with van der Waals surface area (Å²) in [6.07, 6.45) is 0.692. The van der Waals surface area contributed by atoms with Crippen molar-refractivity contribution in [1.29, 1.82) is 0 Å². The number of benzene rings is 1. The zero-order valence-corrected chi connectivity index (χ0v) is 9.88. The number of nitro groups is 1. The highest BCUT2D eigenvalue weighted by Gasteiger charge is 2.10. The van der Waals surface area contributed by atoms with E-state index in [0.717, 1.165) is 5.56 Å². The number of nitrogens with zero attached hydrogens (tertiary/aromatic N) is 1. The van der Waals surface area contributed by atoms with E-state index in [9.17, 15) is 14.9 Å². The van der Waals surface area contributed by atoms with Crippen LogP contribution in [0.25, 0.3) is 0 Å². The summed E-state index contributed by atoms with van der Waals surface area (Å²) in [5, 5.41) is 10.5. The summed E-state index contributed by atoms with van der Waals surface area (Å²) in [5.41, 5.74) is 0.971. The van der Waals surface area contributed by atoms with E-state index in [1.165, 1.54) is 12.1 Å². The Kier molecular flexibility index (Phi) is 4.63. The van der Waals surface area contributed by atoms with E-state index < -0.39 is 4.92 Å². The van der Waals surface area contributed by atoms with Crippen molar-refractivity contribution in [1.82, 2.24) is 0 Å². The van der Waals surface area contributed by atoms with Crippen molar-refractivity contribution in [3.8, 4) is 0 Å². The van der Waals surface area contributed by atoms with Crippen molar-refractivity contribution >= 4 is 11.7 Å². The molecular weight excluding hydrogens is 222 g/mol. The number of carbonyl (C=O) groups is 1. The fraction of sp³-hybridized carbons (Fsp3) is 0.417. The molecule has 0 heterocycles. The molecule has 1 aromatic carbocycles. The first-order chi connectivity index (χ1) is 8.02. The van der Waals surface area contributed by atoms with Crippen LogP contribution < -0.4 is 0 Å². The van der Waals surface area contributed by atoms with Gasteiger partial charge in [-0.05, 0) is 12.5 Å². The van der Waals surface area contributed by atoms with Crippen molar-refractivity contribution in [2.24, 2.45) is 0 Å². The maximum atomic E-state index is 11.0. The van der Waals surface area contributed by atoms with Gasteiger partial charge in [-0.2, -0.15) is 0 Å². The number of nitro benzene ring substituents is 1. The number of hydrogen-bond acceptors (Lipinski definition) is 4. The lowest BCUT2D eigenvalue weighted by Crippen LogP contribution is -2.16. The maximum Gasteiger partial charge on any atom is 0.305 e. The van der Waals surface area contributed by atoms with Crippen molar-refractivity contribution in [2.45, 2.75) is 32.8 Å². The van der Waals surface area contributed by atoms with Gasteiger partial charge in [-0.3, -0.25) is 14.9 Å². The van der Waals surface area contributed by atoms with Gasteiger partial charge in [-0.15, -0.1) is 0 Å². The largest absolute Gasteiger partial charge is 0.462 e. The molecule has 0 radical (unpaired) electrons. The van der Waals surface area contributed by atoms with Crippen LogP contribution in [0.2, 0.25) is 0 Å². The molecular formula is C12H15NO4. The third kappa shape index (κ3) is 4.22. The second kappa shape index (κ2) is 5.98. The number of ether oxygens (including phenoxy) is 1. The van der Waals surface area contributed by atoms with Crippen molar-refractivity contribution in [2.75, 3.05) is 0 Å². The Balaban J connectivity index is 2.57. The molecule has 92 valence electrons. The van der Waals surface area contributed by atoms with Gasteiger partial charge in [-0.1, -0.05) is 19.1 Å². The van der Waals surface area contributed by atoms with Crippen molar-refractivity contribution < 1.29 is 14.5 Å². The van der Waals surface area contributed by atoms with Gasteiger partial charge in [0.2, 0.25) is 0 Å². The van der Waals surface area contributed by atoms with Gasteiger partial charge in [0, 0.05) is 25.0 Å². The first kappa shape index (κ1) is 13.2. The Morgan fingerprint density at radius 2 is 2.00 bits per heavy atom. The standard InChI is InChI=1S/C12H15NO4/c1-3-12(14)17-9(2)8-10-4-6-11(7-5-10)13(15)16/h4-7,9H,3,8H2,1-2H3. The van der Waals surface area contributed by atoms with Crippen LogP contribution >= 0.6 is 0 Å². The number of hydrogen-bond donors (Lipinski definition) is 0. The number of rotatable bonds is 5. The smallest absolute Gasteiger partial charge is 0.305 e. The molecule has 0 saturated heterocycles. The molecule has 1 atom stereocenters. The lowest BCUT2D eigenvalue weighted by atomic mass is 10.1. The van der Waals surface area contributed by atoms with E-state index in [1.54, 1.807) is 26.0 Å². The number of non-ortho nitro benzene ring substituents is 1. The predicted molar refractivity (Wildman–Crippen MR) is 62.6 cm³/mol. The Bertz CT molecular complexity index is 399. The summed E-state index contributed by atoms with van der Waals surface area (Å²) in [4.78, 5) is 21.1. The average Bonchev–Trinajstić information content (AvgIpc) is 2.29. The molecule has 0 saturated carbocycles. The van der Waals surface area contributed by atoms with Gasteiger partial charge in [0.25, 0.3) is 5.69 Å². The van der Waals surface area contributed by atoms with E-state index in [-0.39, 0.29) is 17.8 Å². The molecule has 0 spiro atoms. The monoisotopic (exact) mass is 237 g/mol. The molecule has 0 N–H and O–H groups in total. The predicted octanol–water partition coefficient (Wildman–Crippen LogP) is 2.48. The molecule has 1 aromatic rings. The first-order valence-corrected chi connectivity index (χ1v) is 5.45. The summed E-state index contributed by atoms with van der Waals surface area (Å²) in [5.74, 6) is -0.237. The molecule has 0 bridgehead atoms. The molecule has 0 amide bonds. The highest BCUT2D eigenvalue weighted by atomic mass is 16.6. The summed E-state index contributed by atoms with van der Waals surface area (Å²) in [6, 6.07) is 6.25. The SMILES string of the molecule is CCC(=O)OC(C)Cc1ccc([N+](=O)[O-])cc1. The Labute approximate surface area is 99.5 Å². The molecule has 5 nitrogen and oxygen atoms in total. The number of carbonyl (C=O) groups excluding carboxylic acids is 1. The van der Waals surface area contributed by atoms with Crippen LogP contribution in [0.15, 0.2) is 24.3 Å². The minimum atomic E-state index is -0.440. The van der Waals surface area contributed by atoms with E-state index >= 15 is 0 Å². The summed E-state index contributed by atoms with van der Waals surface area (Å²) >= 11 is 0.